The van der Waals surface area contributed by atoms with Gasteiger partial charge in [0, 0.05) is 24.7 Å². The Labute approximate surface area is 141 Å². The lowest BCUT2D eigenvalue weighted by Crippen LogP contribution is -2.36. The topological polar surface area (TPSA) is 60.3 Å². The van der Waals surface area contributed by atoms with Crippen LogP contribution in [-0.4, -0.2) is 22.6 Å². The zero-order chi connectivity index (χ0) is 18.0. The molecular formula is C17H15F3N2O3. The molecule has 0 bridgehead atoms. The van der Waals surface area contributed by atoms with Crippen LogP contribution < -0.4 is 10.1 Å². The molecule has 1 atom stereocenters. The van der Waals surface area contributed by atoms with E-state index in [4.69, 9.17) is 0 Å². The second-order valence-corrected chi connectivity index (χ2v) is 5.65. The molecule has 2 aromatic rings. The minimum absolute atomic E-state index is 0.0297. The highest BCUT2D eigenvalue weighted by molar-refractivity contribution is 5.97. The number of amides is 1. The highest BCUT2D eigenvalue weighted by Crippen LogP contribution is 2.28. The van der Waals surface area contributed by atoms with Crippen LogP contribution in [0.15, 0.2) is 42.6 Å². The normalized spacial score (nSPS) is 17.1. The Kier molecular flexibility index (Phi) is 4.52. The molecule has 0 fully saturated rings. The lowest BCUT2D eigenvalue weighted by atomic mass is 10.0. The molecule has 5 nitrogen and oxygen atoms in total. The fourth-order valence-electron chi connectivity index (χ4n) is 2.87. The number of fused-ring (bicyclic) bond motifs is 1. The van der Waals surface area contributed by atoms with E-state index in [0.717, 1.165) is 0 Å². The molecule has 0 saturated heterocycles. The van der Waals surface area contributed by atoms with Gasteiger partial charge in [0.2, 0.25) is 5.91 Å². The van der Waals surface area contributed by atoms with Crippen LogP contribution >= 0.6 is 0 Å². The molecule has 0 saturated carbocycles. The maximum Gasteiger partial charge on any atom is 0.573 e. The van der Waals surface area contributed by atoms with Gasteiger partial charge in [0.25, 0.3) is 0 Å². The molecule has 1 aromatic heterocycles. The SMILES string of the molecule is O=C1CCC(C(=O)NCc2ccccc2OC(F)(F)F)n2cccc21. The second kappa shape index (κ2) is 6.62. The summed E-state index contributed by atoms with van der Waals surface area (Å²) >= 11 is 0. The predicted molar refractivity (Wildman–Crippen MR) is 82.0 cm³/mol. The molecule has 1 aliphatic rings. The lowest BCUT2D eigenvalue weighted by molar-refractivity contribution is -0.274. The number of nitrogens with zero attached hydrogens (tertiary/aromatic N) is 1. The van der Waals surface area contributed by atoms with E-state index in [1.807, 2.05) is 0 Å². The summed E-state index contributed by atoms with van der Waals surface area (Å²) in [6.45, 7) is -0.105. The number of para-hydroxylation sites is 1. The van der Waals surface area contributed by atoms with Crippen molar-refractivity contribution in [2.45, 2.75) is 31.8 Å². The highest BCUT2D eigenvalue weighted by Gasteiger charge is 2.32. The standard InChI is InChI=1S/C17H15F3N2O3/c18-17(19,20)25-15-6-2-1-4-11(15)10-21-16(24)13-7-8-14(23)12-5-3-9-22(12)13/h1-6,9,13H,7-8,10H2,(H,21,24). The van der Waals surface area contributed by atoms with Gasteiger partial charge in [-0.15, -0.1) is 13.2 Å². The number of Topliss-reactive ketones (excluding diaryl/α,β-unsaturated/α-hetero) is 1. The first-order valence-electron chi connectivity index (χ1n) is 7.66. The second-order valence-electron chi connectivity index (χ2n) is 5.65. The lowest BCUT2D eigenvalue weighted by Gasteiger charge is -2.24. The molecule has 1 unspecified atom stereocenters. The van der Waals surface area contributed by atoms with Crippen LogP contribution in [0.5, 0.6) is 5.75 Å². The Balaban J connectivity index is 1.70. The van der Waals surface area contributed by atoms with Crippen LogP contribution in [0.3, 0.4) is 0 Å². The van der Waals surface area contributed by atoms with E-state index in [1.165, 1.54) is 18.2 Å². The molecule has 2 heterocycles. The van der Waals surface area contributed by atoms with Crippen molar-refractivity contribution in [2.24, 2.45) is 0 Å². The maximum absolute atomic E-state index is 12.4. The first kappa shape index (κ1) is 17.1. The summed E-state index contributed by atoms with van der Waals surface area (Å²) < 4.78 is 42.9. The number of ketones is 1. The summed E-state index contributed by atoms with van der Waals surface area (Å²) in [7, 11) is 0. The third-order valence-electron chi connectivity index (χ3n) is 4.00. The zero-order valence-corrected chi connectivity index (χ0v) is 13.0. The number of alkyl halides is 3. The molecule has 1 aliphatic heterocycles. The predicted octanol–water partition coefficient (Wildman–Crippen LogP) is 3.22. The number of ether oxygens (including phenoxy) is 1. The third kappa shape index (κ3) is 3.84. The zero-order valence-electron chi connectivity index (χ0n) is 13.0. The van der Waals surface area contributed by atoms with Crippen molar-refractivity contribution >= 4 is 11.7 Å². The van der Waals surface area contributed by atoms with E-state index in [1.54, 1.807) is 29.0 Å². The average molecular weight is 352 g/mol. The van der Waals surface area contributed by atoms with Gasteiger partial charge in [0.1, 0.15) is 11.8 Å². The van der Waals surface area contributed by atoms with Crippen LogP contribution in [-0.2, 0) is 11.3 Å². The summed E-state index contributed by atoms with van der Waals surface area (Å²) in [5.74, 6) is -0.736. The van der Waals surface area contributed by atoms with Crippen molar-refractivity contribution in [1.29, 1.82) is 0 Å². The van der Waals surface area contributed by atoms with Gasteiger partial charge in [-0.1, -0.05) is 18.2 Å². The summed E-state index contributed by atoms with van der Waals surface area (Å²) in [6, 6.07) is 8.41. The summed E-state index contributed by atoms with van der Waals surface area (Å²) in [6.07, 6.45) is -2.54. The summed E-state index contributed by atoms with van der Waals surface area (Å²) in [5, 5.41) is 2.62. The Morgan fingerprint density at radius 1 is 1.24 bits per heavy atom. The molecule has 0 radical (unpaired) electrons. The van der Waals surface area contributed by atoms with E-state index in [9.17, 15) is 22.8 Å². The van der Waals surface area contributed by atoms with E-state index < -0.39 is 12.4 Å². The van der Waals surface area contributed by atoms with Crippen LogP contribution in [0.25, 0.3) is 0 Å². The number of aromatic nitrogens is 1. The van der Waals surface area contributed by atoms with Gasteiger partial charge in [-0.3, -0.25) is 9.59 Å². The first-order chi connectivity index (χ1) is 11.8. The van der Waals surface area contributed by atoms with Crippen molar-refractivity contribution in [3.05, 3.63) is 53.9 Å². The van der Waals surface area contributed by atoms with Crippen molar-refractivity contribution in [3.63, 3.8) is 0 Å². The fraction of sp³-hybridized carbons (Fsp3) is 0.294. The van der Waals surface area contributed by atoms with Gasteiger partial charge in [0.05, 0.1) is 5.69 Å². The van der Waals surface area contributed by atoms with Gasteiger partial charge in [-0.2, -0.15) is 0 Å². The van der Waals surface area contributed by atoms with Gasteiger partial charge in [0.15, 0.2) is 5.78 Å². The van der Waals surface area contributed by atoms with E-state index >= 15 is 0 Å². The van der Waals surface area contributed by atoms with Crippen LogP contribution in [0.2, 0.25) is 0 Å². The number of nitrogens with one attached hydrogen (secondary N) is 1. The molecule has 1 aromatic carbocycles. The smallest absolute Gasteiger partial charge is 0.405 e. The first-order valence-corrected chi connectivity index (χ1v) is 7.66. The quantitative estimate of drug-likeness (QED) is 0.919. The van der Waals surface area contributed by atoms with Crippen molar-refractivity contribution in [1.82, 2.24) is 9.88 Å². The van der Waals surface area contributed by atoms with Gasteiger partial charge in [-0.05, 0) is 24.6 Å². The molecule has 1 N–H and O–H groups in total. The molecule has 3 rings (SSSR count). The van der Waals surface area contributed by atoms with Crippen LogP contribution in [0.1, 0.15) is 34.9 Å². The number of rotatable bonds is 4. The number of hydrogen-bond acceptors (Lipinski definition) is 3. The average Bonchev–Trinajstić information content (AvgIpc) is 3.03. The molecular weight excluding hydrogens is 337 g/mol. The van der Waals surface area contributed by atoms with Crippen molar-refractivity contribution in [2.75, 3.05) is 0 Å². The van der Waals surface area contributed by atoms with Crippen LogP contribution in [0, 0.1) is 0 Å². The highest BCUT2D eigenvalue weighted by atomic mass is 19.4. The van der Waals surface area contributed by atoms with E-state index in [-0.39, 0.29) is 36.0 Å². The largest absolute Gasteiger partial charge is 0.573 e. The van der Waals surface area contributed by atoms with Gasteiger partial charge in [-0.25, -0.2) is 0 Å². The number of carbonyl (C=O) groups is 2. The number of benzene rings is 1. The molecule has 1 amide bonds. The Morgan fingerprint density at radius 2 is 2.00 bits per heavy atom. The third-order valence-corrected chi connectivity index (χ3v) is 4.00. The van der Waals surface area contributed by atoms with Crippen LogP contribution in [0.4, 0.5) is 13.2 Å². The molecule has 0 spiro atoms. The Morgan fingerprint density at radius 3 is 2.76 bits per heavy atom. The van der Waals surface area contributed by atoms with Gasteiger partial charge >= 0.3 is 6.36 Å². The monoisotopic (exact) mass is 352 g/mol. The number of halogens is 3. The van der Waals surface area contributed by atoms with Crippen molar-refractivity contribution in [3.8, 4) is 5.75 Å². The number of carbonyl (C=O) groups excluding carboxylic acids is 2. The summed E-state index contributed by atoms with van der Waals surface area (Å²) in [4.78, 5) is 24.2. The molecule has 8 heteroatoms. The fourth-order valence-corrected chi connectivity index (χ4v) is 2.87. The molecule has 0 aliphatic carbocycles. The minimum Gasteiger partial charge on any atom is -0.405 e. The Bertz CT molecular complexity index is 798. The Hall–Kier alpha value is -2.77. The maximum atomic E-state index is 12.4. The molecule has 25 heavy (non-hydrogen) atoms. The summed E-state index contributed by atoms with van der Waals surface area (Å²) in [5.41, 5.74) is 0.681. The van der Waals surface area contributed by atoms with E-state index in [0.29, 0.717) is 12.1 Å². The van der Waals surface area contributed by atoms with Gasteiger partial charge < -0.3 is 14.6 Å². The van der Waals surface area contributed by atoms with E-state index in [2.05, 4.69) is 10.1 Å². The molecule has 132 valence electrons. The minimum atomic E-state index is -4.80. The van der Waals surface area contributed by atoms with Crippen molar-refractivity contribution < 1.29 is 27.5 Å². The number of hydrogen-bond donors (Lipinski definition) is 1.